The molecule has 0 aromatic carbocycles. The normalized spacial score (nSPS) is 10.1. The second kappa shape index (κ2) is 7.01. The topological polar surface area (TPSA) is 28.2 Å². The van der Waals surface area contributed by atoms with Crippen molar-refractivity contribution in [3.05, 3.63) is 36.5 Å². The van der Waals surface area contributed by atoms with Gasteiger partial charge >= 0.3 is 0 Å². The Morgan fingerprint density at radius 2 is 2.38 bits per heavy atom. The number of unbranched alkanes of at least 4 members (excludes halogenated alkanes) is 1. The average Bonchev–Trinajstić information content (AvgIpc) is 2.30. The van der Waals surface area contributed by atoms with Crippen molar-refractivity contribution in [1.29, 1.82) is 0 Å². The third kappa shape index (κ3) is 3.66. The van der Waals surface area contributed by atoms with Gasteiger partial charge in [0.05, 0.1) is 0 Å². The summed E-state index contributed by atoms with van der Waals surface area (Å²) in [6.07, 6.45) is 5.98. The van der Waals surface area contributed by atoms with Gasteiger partial charge in [-0.25, -0.2) is 4.98 Å². The molecule has 16 heavy (non-hydrogen) atoms. The second-order valence-electron chi connectivity index (χ2n) is 3.87. The minimum atomic E-state index is 0.856. The second-order valence-corrected chi connectivity index (χ2v) is 3.87. The Labute approximate surface area is 98.2 Å². The quantitative estimate of drug-likeness (QED) is 0.563. The molecule has 1 rings (SSSR count). The predicted octanol–water partition coefficient (Wildman–Crippen LogP) is 2.20. The molecule has 3 nitrogen and oxygen atoms in total. The molecule has 0 aliphatic carbocycles. The van der Waals surface area contributed by atoms with E-state index < -0.39 is 0 Å². The Hall–Kier alpha value is -1.35. The van der Waals surface area contributed by atoms with E-state index in [1.807, 2.05) is 25.4 Å². The summed E-state index contributed by atoms with van der Waals surface area (Å²) >= 11 is 0. The maximum absolute atomic E-state index is 4.44. The number of nitrogens with one attached hydrogen (secondary N) is 1. The van der Waals surface area contributed by atoms with Gasteiger partial charge in [0.1, 0.15) is 5.82 Å². The largest absolute Gasteiger partial charge is 0.359 e. The zero-order valence-corrected chi connectivity index (χ0v) is 10.2. The first-order valence-corrected chi connectivity index (χ1v) is 5.70. The van der Waals surface area contributed by atoms with Gasteiger partial charge in [-0.05, 0) is 26.0 Å². The summed E-state index contributed by atoms with van der Waals surface area (Å²) in [4.78, 5) is 6.64. The fraction of sp³-hybridized carbons (Fsp3) is 0.462. The van der Waals surface area contributed by atoms with Crippen LogP contribution >= 0.6 is 0 Å². The molecular weight excluding hydrogens is 198 g/mol. The van der Waals surface area contributed by atoms with Crippen LogP contribution in [0.4, 0.5) is 5.82 Å². The molecule has 1 heterocycles. The summed E-state index contributed by atoms with van der Waals surface area (Å²) in [5.74, 6) is 1.07. The molecule has 1 N–H and O–H groups in total. The molecule has 0 spiro atoms. The highest BCUT2D eigenvalue weighted by atomic mass is 15.2. The minimum absolute atomic E-state index is 0.856. The van der Waals surface area contributed by atoms with E-state index in [1.165, 1.54) is 5.56 Å². The molecule has 1 aromatic heterocycles. The summed E-state index contributed by atoms with van der Waals surface area (Å²) in [6, 6.07) is 4.09. The Balaban J connectivity index is 2.65. The standard InChI is InChI=1S/C13H21N3/c1-4-5-6-10-16(3)13-12(11-14-2)8-7-9-15-13/h4,7-9,14H,1,5-6,10-11H2,2-3H3. The highest BCUT2D eigenvalue weighted by Crippen LogP contribution is 2.15. The van der Waals surface area contributed by atoms with E-state index in [-0.39, 0.29) is 0 Å². The van der Waals surface area contributed by atoms with Crippen LogP contribution in [0.3, 0.4) is 0 Å². The van der Waals surface area contributed by atoms with E-state index in [1.54, 1.807) is 0 Å². The first-order chi connectivity index (χ1) is 7.79. The number of anilines is 1. The number of rotatable bonds is 7. The SMILES string of the molecule is C=CCCCN(C)c1ncccc1CNC. The van der Waals surface area contributed by atoms with Gasteiger partial charge < -0.3 is 10.2 Å². The summed E-state index contributed by atoms with van der Waals surface area (Å²) in [5, 5.41) is 3.16. The van der Waals surface area contributed by atoms with Crippen LogP contribution < -0.4 is 10.2 Å². The van der Waals surface area contributed by atoms with Crippen molar-refractivity contribution in [3.63, 3.8) is 0 Å². The number of hydrogen-bond donors (Lipinski definition) is 1. The fourth-order valence-corrected chi connectivity index (χ4v) is 1.68. The van der Waals surface area contributed by atoms with Gasteiger partial charge in [-0.15, -0.1) is 6.58 Å². The van der Waals surface area contributed by atoms with Crippen molar-refractivity contribution >= 4 is 5.82 Å². The lowest BCUT2D eigenvalue weighted by Gasteiger charge is -2.20. The molecule has 0 unspecified atom stereocenters. The molecule has 0 saturated heterocycles. The van der Waals surface area contributed by atoms with E-state index in [9.17, 15) is 0 Å². The molecule has 1 aromatic rings. The van der Waals surface area contributed by atoms with Crippen molar-refractivity contribution in [2.24, 2.45) is 0 Å². The first kappa shape index (κ1) is 12.7. The van der Waals surface area contributed by atoms with E-state index in [0.29, 0.717) is 0 Å². The monoisotopic (exact) mass is 219 g/mol. The van der Waals surface area contributed by atoms with E-state index in [2.05, 4.69) is 34.9 Å². The lowest BCUT2D eigenvalue weighted by molar-refractivity contribution is 0.766. The molecule has 0 radical (unpaired) electrons. The highest BCUT2D eigenvalue weighted by molar-refractivity contribution is 5.45. The number of pyridine rings is 1. The lowest BCUT2D eigenvalue weighted by Crippen LogP contribution is -2.22. The third-order valence-corrected chi connectivity index (χ3v) is 2.50. The van der Waals surface area contributed by atoms with Crippen LogP contribution in [-0.4, -0.2) is 25.6 Å². The van der Waals surface area contributed by atoms with Gasteiger partial charge in [-0.3, -0.25) is 0 Å². The van der Waals surface area contributed by atoms with Crippen molar-refractivity contribution in [2.75, 3.05) is 25.5 Å². The van der Waals surface area contributed by atoms with Crippen LogP contribution in [0, 0.1) is 0 Å². The molecular formula is C13H21N3. The van der Waals surface area contributed by atoms with E-state index in [4.69, 9.17) is 0 Å². The minimum Gasteiger partial charge on any atom is -0.359 e. The van der Waals surface area contributed by atoms with Crippen LogP contribution in [0.15, 0.2) is 31.0 Å². The maximum atomic E-state index is 4.44. The molecule has 0 aliphatic heterocycles. The Kier molecular flexibility index (Phi) is 5.57. The number of hydrogen-bond acceptors (Lipinski definition) is 3. The smallest absolute Gasteiger partial charge is 0.132 e. The Morgan fingerprint density at radius 3 is 3.06 bits per heavy atom. The molecule has 0 atom stereocenters. The van der Waals surface area contributed by atoms with Gasteiger partial charge in [0.15, 0.2) is 0 Å². The zero-order valence-electron chi connectivity index (χ0n) is 10.2. The molecule has 0 fully saturated rings. The lowest BCUT2D eigenvalue weighted by atomic mass is 10.2. The fourth-order valence-electron chi connectivity index (χ4n) is 1.68. The van der Waals surface area contributed by atoms with Gasteiger partial charge in [-0.1, -0.05) is 12.1 Å². The Bertz CT molecular complexity index is 323. The maximum Gasteiger partial charge on any atom is 0.132 e. The van der Waals surface area contributed by atoms with Crippen molar-refractivity contribution in [1.82, 2.24) is 10.3 Å². The zero-order chi connectivity index (χ0) is 11.8. The molecule has 88 valence electrons. The molecule has 0 aliphatic rings. The predicted molar refractivity (Wildman–Crippen MR) is 69.7 cm³/mol. The summed E-state index contributed by atoms with van der Waals surface area (Å²) in [5.41, 5.74) is 1.24. The molecule has 3 heteroatoms. The molecule has 0 amide bonds. The molecule has 0 bridgehead atoms. The number of nitrogens with zero attached hydrogens (tertiary/aromatic N) is 2. The first-order valence-electron chi connectivity index (χ1n) is 5.70. The van der Waals surface area contributed by atoms with Gasteiger partial charge in [0.25, 0.3) is 0 Å². The number of aromatic nitrogens is 1. The van der Waals surface area contributed by atoms with Crippen LogP contribution in [-0.2, 0) is 6.54 Å². The van der Waals surface area contributed by atoms with Crippen molar-refractivity contribution in [2.45, 2.75) is 19.4 Å². The van der Waals surface area contributed by atoms with Gasteiger partial charge in [0.2, 0.25) is 0 Å². The summed E-state index contributed by atoms with van der Waals surface area (Å²) < 4.78 is 0. The Morgan fingerprint density at radius 1 is 1.56 bits per heavy atom. The van der Waals surface area contributed by atoms with E-state index in [0.717, 1.165) is 31.7 Å². The van der Waals surface area contributed by atoms with Gasteiger partial charge in [-0.2, -0.15) is 0 Å². The average molecular weight is 219 g/mol. The van der Waals surface area contributed by atoms with Crippen LogP contribution in [0.1, 0.15) is 18.4 Å². The van der Waals surface area contributed by atoms with Crippen molar-refractivity contribution in [3.8, 4) is 0 Å². The third-order valence-electron chi connectivity index (χ3n) is 2.50. The summed E-state index contributed by atoms with van der Waals surface area (Å²) in [7, 11) is 4.04. The summed E-state index contributed by atoms with van der Waals surface area (Å²) in [6.45, 7) is 5.60. The van der Waals surface area contributed by atoms with Crippen LogP contribution in [0.2, 0.25) is 0 Å². The van der Waals surface area contributed by atoms with Gasteiger partial charge in [0, 0.05) is 31.9 Å². The molecule has 0 saturated carbocycles. The van der Waals surface area contributed by atoms with E-state index >= 15 is 0 Å². The van der Waals surface area contributed by atoms with Crippen molar-refractivity contribution < 1.29 is 0 Å². The highest BCUT2D eigenvalue weighted by Gasteiger charge is 2.06. The van der Waals surface area contributed by atoms with Crippen LogP contribution in [0.25, 0.3) is 0 Å². The van der Waals surface area contributed by atoms with Crippen LogP contribution in [0.5, 0.6) is 0 Å². The number of allylic oxidation sites excluding steroid dienone is 1.